The van der Waals surface area contributed by atoms with Crippen molar-refractivity contribution in [3.63, 3.8) is 0 Å². The molecule has 23 heavy (non-hydrogen) atoms. The average molecular weight is 321 g/mol. The van der Waals surface area contributed by atoms with Crippen molar-refractivity contribution in [1.82, 2.24) is 4.90 Å². The number of rotatable bonds is 6. The summed E-state index contributed by atoms with van der Waals surface area (Å²) < 4.78 is 26.6. The van der Waals surface area contributed by atoms with Crippen LogP contribution in [0.2, 0.25) is 0 Å². The lowest BCUT2D eigenvalue weighted by Gasteiger charge is -2.27. The van der Waals surface area contributed by atoms with Gasteiger partial charge in [-0.25, -0.2) is 8.78 Å². The van der Waals surface area contributed by atoms with Crippen LogP contribution in [-0.4, -0.2) is 34.7 Å². The van der Waals surface area contributed by atoms with Gasteiger partial charge in [-0.3, -0.25) is 0 Å². The predicted octanol–water partition coefficient (Wildman–Crippen LogP) is 3.27. The Hall–Kier alpha value is -1.98. The molecule has 2 unspecified atom stereocenters. The van der Waals surface area contributed by atoms with Crippen LogP contribution in [0.15, 0.2) is 42.5 Å². The van der Waals surface area contributed by atoms with E-state index in [4.69, 9.17) is 0 Å². The number of likely N-dealkylation sites (N-methyl/N-ethyl adjacent to an activating group) is 1. The summed E-state index contributed by atoms with van der Waals surface area (Å²) >= 11 is 0. The molecular weight excluding hydrogens is 300 g/mol. The maximum atomic E-state index is 13.7. The van der Waals surface area contributed by atoms with Gasteiger partial charge in [-0.05, 0) is 44.2 Å². The standard InChI is InChI=1S/C18H21F2NO2/c1-12(9-13-3-6-15(22)7-4-13)21(2)11-18(23)16-8-5-14(19)10-17(16)20/h3-8,10,12,18,22-23H,9,11H2,1-2H3. The Kier molecular flexibility index (Phi) is 5.69. The number of phenols is 1. The average Bonchev–Trinajstić information content (AvgIpc) is 2.49. The minimum Gasteiger partial charge on any atom is -0.508 e. The van der Waals surface area contributed by atoms with Gasteiger partial charge >= 0.3 is 0 Å². The highest BCUT2D eigenvalue weighted by molar-refractivity contribution is 5.26. The maximum absolute atomic E-state index is 13.7. The van der Waals surface area contributed by atoms with Gasteiger partial charge in [0.25, 0.3) is 0 Å². The largest absolute Gasteiger partial charge is 0.508 e. The quantitative estimate of drug-likeness (QED) is 0.858. The lowest BCUT2D eigenvalue weighted by atomic mass is 10.0. The molecule has 2 rings (SSSR count). The first-order valence-corrected chi connectivity index (χ1v) is 7.48. The van der Waals surface area contributed by atoms with E-state index in [9.17, 15) is 19.0 Å². The fourth-order valence-electron chi connectivity index (χ4n) is 2.45. The Bertz CT molecular complexity index is 646. The molecule has 0 radical (unpaired) electrons. The highest BCUT2D eigenvalue weighted by atomic mass is 19.1. The van der Waals surface area contributed by atoms with E-state index in [1.165, 1.54) is 6.07 Å². The van der Waals surface area contributed by atoms with Crippen molar-refractivity contribution in [2.75, 3.05) is 13.6 Å². The van der Waals surface area contributed by atoms with Gasteiger partial charge in [0, 0.05) is 24.2 Å². The third-order valence-corrected chi connectivity index (χ3v) is 4.00. The Morgan fingerprint density at radius 2 is 1.74 bits per heavy atom. The van der Waals surface area contributed by atoms with E-state index in [2.05, 4.69) is 0 Å². The fraction of sp³-hybridized carbons (Fsp3) is 0.333. The Balaban J connectivity index is 1.96. The molecule has 0 amide bonds. The summed E-state index contributed by atoms with van der Waals surface area (Å²) in [4.78, 5) is 1.92. The van der Waals surface area contributed by atoms with Crippen molar-refractivity contribution in [2.45, 2.75) is 25.5 Å². The van der Waals surface area contributed by atoms with E-state index in [1.54, 1.807) is 12.1 Å². The van der Waals surface area contributed by atoms with Crippen LogP contribution >= 0.6 is 0 Å². The maximum Gasteiger partial charge on any atom is 0.131 e. The van der Waals surface area contributed by atoms with Gasteiger partial charge in [-0.1, -0.05) is 18.2 Å². The number of nitrogens with zero attached hydrogens (tertiary/aromatic N) is 1. The molecule has 0 aliphatic rings. The number of aliphatic hydroxyl groups is 1. The summed E-state index contributed by atoms with van der Waals surface area (Å²) in [6, 6.07) is 10.2. The van der Waals surface area contributed by atoms with Crippen molar-refractivity contribution in [1.29, 1.82) is 0 Å². The highest BCUT2D eigenvalue weighted by Gasteiger charge is 2.18. The third kappa shape index (κ3) is 4.74. The van der Waals surface area contributed by atoms with Gasteiger partial charge in [-0.15, -0.1) is 0 Å². The molecule has 2 aromatic carbocycles. The van der Waals surface area contributed by atoms with Gasteiger partial charge in [0.05, 0.1) is 6.10 Å². The molecule has 0 saturated heterocycles. The number of phenolic OH excluding ortho intramolecular Hbond substituents is 1. The fourth-order valence-corrected chi connectivity index (χ4v) is 2.45. The van der Waals surface area contributed by atoms with Gasteiger partial charge in [0.2, 0.25) is 0 Å². The molecule has 0 aliphatic heterocycles. The lowest BCUT2D eigenvalue weighted by molar-refractivity contribution is 0.105. The van der Waals surface area contributed by atoms with Gasteiger partial charge < -0.3 is 15.1 Å². The minimum atomic E-state index is -1.03. The molecule has 0 aromatic heterocycles. The molecule has 0 aliphatic carbocycles. The van der Waals surface area contributed by atoms with Crippen LogP contribution in [0.3, 0.4) is 0 Å². The number of hydrogen-bond acceptors (Lipinski definition) is 3. The van der Waals surface area contributed by atoms with E-state index < -0.39 is 17.7 Å². The molecule has 2 aromatic rings. The summed E-state index contributed by atoms with van der Waals surface area (Å²) in [5, 5.41) is 19.5. The number of halogens is 2. The molecule has 0 spiro atoms. The molecular formula is C18H21F2NO2. The summed E-state index contributed by atoms with van der Waals surface area (Å²) in [6.45, 7) is 2.24. The van der Waals surface area contributed by atoms with Crippen LogP contribution in [0.5, 0.6) is 5.75 Å². The van der Waals surface area contributed by atoms with Crippen LogP contribution in [0.25, 0.3) is 0 Å². The van der Waals surface area contributed by atoms with E-state index in [0.29, 0.717) is 0 Å². The van der Waals surface area contributed by atoms with Gasteiger partial charge in [-0.2, -0.15) is 0 Å². The third-order valence-electron chi connectivity index (χ3n) is 4.00. The molecule has 5 heteroatoms. The summed E-state index contributed by atoms with van der Waals surface area (Å²) in [5.74, 6) is -1.18. The first-order chi connectivity index (χ1) is 10.9. The zero-order valence-corrected chi connectivity index (χ0v) is 13.2. The normalized spacial score (nSPS) is 14.0. The van der Waals surface area contributed by atoms with E-state index in [0.717, 1.165) is 24.1 Å². The van der Waals surface area contributed by atoms with Gasteiger partial charge in [0.15, 0.2) is 0 Å². The van der Waals surface area contributed by atoms with E-state index in [-0.39, 0.29) is 23.9 Å². The number of hydrogen-bond donors (Lipinski definition) is 2. The van der Waals surface area contributed by atoms with Gasteiger partial charge in [0.1, 0.15) is 17.4 Å². The SMILES string of the molecule is CC(Cc1ccc(O)cc1)N(C)CC(O)c1ccc(F)cc1F. The highest BCUT2D eigenvalue weighted by Crippen LogP contribution is 2.20. The molecule has 0 saturated carbocycles. The summed E-state index contributed by atoms with van der Waals surface area (Å²) in [5.41, 5.74) is 1.15. The van der Waals surface area contributed by atoms with Crippen molar-refractivity contribution in [2.24, 2.45) is 0 Å². The summed E-state index contributed by atoms with van der Waals surface area (Å²) in [6.07, 6.45) is -0.294. The van der Waals surface area contributed by atoms with Crippen LogP contribution < -0.4 is 0 Å². The summed E-state index contributed by atoms with van der Waals surface area (Å²) in [7, 11) is 1.84. The van der Waals surface area contributed by atoms with E-state index in [1.807, 2.05) is 31.0 Å². The van der Waals surface area contributed by atoms with Crippen LogP contribution in [0.1, 0.15) is 24.2 Å². The zero-order valence-electron chi connectivity index (χ0n) is 13.2. The molecule has 0 bridgehead atoms. The number of aliphatic hydroxyl groups excluding tert-OH is 1. The van der Waals surface area contributed by atoms with Crippen molar-refractivity contribution in [3.05, 3.63) is 65.2 Å². The smallest absolute Gasteiger partial charge is 0.131 e. The molecule has 2 N–H and O–H groups in total. The lowest BCUT2D eigenvalue weighted by Crippen LogP contribution is -2.34. The Labute approximate surface area is 134 Å². The molecule has 0 fully saturated rings. The van der Waals surface area contributed by atoms with Crippen molar-refractivity contribution in [3.8, 4) is 5.75 Å². The monoisotopic (exact) mass is 321 g/mol. The second-order valence-electron chi connectivity index (χ2n) is 5.84. The van der Waals surface area contributed by atoms with Crippen LogP contribution in [0, 0.1) is 11.6 Å². The molecule has 0 heterocycles. The molecule has 124 valence electrons. The van der Waals surface area contributed by atoms with Crippen molar-refractivity contribution >= 4 is 0 Å². The Morgan fingerprint density at radius 1 is 1.09 bits per heavy atom. The molecule has 3 nitrogen and oxygen atoms in total. The van der Waals surface area contributed by atoms with Crippen molar-refractivity contribution < 1.29 is 19.0 Å². The number of aromatic hydroxyl groups is 1. The number of benzene rings is 2. The topological polar surface area (TPSA) is 43.7 Å². The minimum absolute atomic E-state index is 0.0927. The van der Waals surface area contributed by atoms with Crippen LogP contribution in [0.4, 0.5) is 8.78 Å². The first-order valence-electron chi connectivity index (χ1n) is 7.48. The zero-order chi connectivity index (χ0) is 17.0. The predicted molar refractivity (Wildman–Crippen MR) is 85.2 cm³/mol. The Morgan fingerprint density at radius 3 is 2.35 bits per heavy atom. The van der Waals surface area contributed by atoms with Crippen LogP contribution in [-0.2, 0) is 6.42 Å². The second kappa shape index (κ2) is 7.53. The first kappa shape index (κ1) is 17.4. The van der Waals surface area contributed by atoms with E-state index >= 15 is 0 Å². The second-order valence-corrected chi connectivity index (χ2v) is 5.84. The molecule has 2 atom stereocenters.